The number of ether oxygens (including phenoxy) is 1. The number of aliphatic hydroxyl groups is 1. The number of fused-ring (bicyclic) bond motifs is 3. The van der Waals surface area contributed by atoms with Crippen molar-refractivity contribution in [3.8, 4) is 0 Å². The molecular formula is C13H24N2O2. The molecule has 1 N–H and O–H groups in total. The van der Waals surface area contributed by atoms with E-state index in [2.05, 4.69) is 9.80 Å². The second kappa shape index (κ2) is 5.22. The topological polar surface area (TPSA) is 35.9 Å². The zero-order valence-electron chi connectivity index (χ0n) is 10.6. The van der Waals surface area contributed by atoms with Gasteiger partial charge in [0, 0.05) is 38.8 Å². The van der Waals surface area contributed by atoms with Gasteiger partial charge < -0.3 is 9.84 Å². The summed E-state index contributed by atoms with van der Waals surface area (Å²) in [5.74, 6) is 0.546. The van der Waals surface area contributed by atoms with Crippen LogP contribution in [0.4, 0.5) is 0 Å². The Balaban J connectivity index is 1.46. The van der Waals surface area contributed by atoms with Crippen LogP contribution in [0.25, 0.3) is 0 Å². The van der Waals surface area contributed by atoms with Gasteiger partial charge in [-0.25, -0.2) is 0 Å². The summed E-state index contributed by atoms with van der Waals surface area (Å²) in [6, 6.07) is 0.649. The molecular weight excluding hydrogens is 216 g/mol. The predicted molar refractivity (Wildman–Crippen MR) is 66.0 cm³/mol. The second-order valence-corrected chi connectivity index (χ2v) is 5.74. The Kier molecular flexibility index (Phi) is 3.66. The number of rotatable bonds is 3. The lowest BCUT2D eigenvalue weighted by molar-refractivity contribution is -0.0542. The number of hydrogen-bond donors (Lipinski definition) is 1. The molecule has 3 saturated heterocycles. The predicted octanol–water partition coefficient (Wildman–Crippen LogP) is 0.164. The summed E-state index contributed by atoms with van der Waals surface area (Å²) >= 11 is 0. The minimum Gasteiger partial charge on any atom is -0.393 e. The summed E-state index contributed by atoms with van der Waals surface area (Å²) in [5, 5.41) is 9.88. The molecule has 0 spiro atoms. The van der Waals surface area contributed by atoms with Crippen molar-refractivity contribution in [2.75, 3.05) is 45.9 Å². The van der Waals surface area contributed by atoms with E-state index in [-0.39, 0.29) is 6.10 Å². The fraction of sp³-hybridized carbons (Fsp3) is 1.00. The Bertz CT molecular complexity index is 256. The largest absolute Gasteiger partial charge is 0.393 e. The molecule has 3 aliphatic heterocycles. The zero-order valence-corrected chi connectivity index (χ0v) is 10.6. The highest BCUT2D eigenvalue weighted by Gasteiger charge is 2.39. The summed E-state index contributed by atoms with van der Waals surface area (Å²) in [4.78, 5) is 5.11. The normalized spacial score (nSPS) is 39.7. The highest BCUT2D eigenvalue weighted by Crippen LogP contribution is 2.34. The molecule has 2 bridgehead atoms. The van der Waals surface area contributed by atoms with E-state index >= 15 is 0 Å². The molecule has 4 fully saturated rings. The van der Waals surface area contributed by atoms with Gasteiger partial charge >= 0.3 is 0 Å². The molecule has 0 amide bonds. The molecule has 4 aliphatic rings. The molecule has 3 atom stereocenters. The highest BCUT2D eigenvalue weighted by atomic mass is 16.5. The fourth-order valence-corrected chi connectivity index (χ4v) is 3.55. The van der Waals surface area contributed by atoms with Crippen molar-refractivity contribution in [1.29, 1.82) is 0 Å². The van der Waals surface area contributed by atoms with Crippen LogP contribution >= 0.6 is 0 Å². The first-order chi connectivity index (χ1) is 8.33. The molecule has 1 aliphatic carbocycles. The third-order valence-corrected chi connectivity index (χ3v) is 4.72. The van der Waals surface area contributed by atoms with E-state index in [1.807, 2.05) is 0 Å². The average Bonchev–Trinajstić information content (AvgIpc) is 2.39. The van der Waals surface area contributed by atoms with Crippen LogP contribution in [0, 0.1) is 5.92 Å². The Labute approximate surface area is 104 Å². The lowest BCUT2D eigenvalue weighted by atomic mass is 9.78. The van der Waals surface area contributed by atoms with Crippen LogP contribution in [0.15, 0.2) is 0 Å². The molecule has 17 heavy (non-hydrogen) atoms. The van der Waals surface area contributed by atoms with Crippen molar-refractivity contribution in [2.24, 2.45) is 5.92 Å². The molecule has 4 nitrogen and oxygen atoms in total. The van der Waals surface area contributed by atoms with Gasteiger partial charge in [-0.3, -0.25) is 9.80 Å². The van der Waals surface area contributed by atoms with E-state index in [4.69, 9.17) is 4.74 Å². The molecule has 3 unspecified atom stereocenters. The molecule has 0 aromatic rings. The van der Waals surface area contributed by atoms with Gasteiger partial charge in [0.1, 0.15) is 0 Å². The van der Waals surface area contributed by atoms with Gasteiger partial charge in [0.25, 0.3) is 0 Å². The average molecular weight is 240 g/mol. The maximum atomic E-state index is 9.88. The van der Waals surface area contributed by atoms with Gasteiger partial charge in [-0.05, 0) is 25.2 Å². The van der Waals surface area contributed by atoms with Crippen molar-refractivity contribution in [2.45, 2.75) is 31.4 Å². The Morgan fingerprint density at radius 1 is 1.12 bits per heavy atom. The van der Waals surface area contributed by atoms with Crippen LogP contribution in [-0.2, 0) is 4.74 Å². The van der Waals surface area contributed by atoms with E-state index in [1.54, 1.807) is 0 Å². The monoisotopic (exact) mass is 240 g/mol. The van der Waals surface area contributed by atoms with Crippen LogP contribution in [0.2, 0.25) is 0 Å². The summed E-state index contributed by atoms with van der Waals surface area (Å²) in [6.45, 7) is 7.43. The smallest absolute Gasteiger partial charge is 0.0595 e. The molecule has 3 heterocycles. The van der Waals surface area contributed by atoms with E-state index in [9.17, 15) is 5.11 Å². The van der Waals surface area contributed by atoms with Gasteiger partial charge in [0.2, 0.25) is 0 Å². The molecule has 4 heteroatoms. The Morgan fingerprint density at radius 3 is 2.59 bits per heavy atom. The standard InChI is InChI=1S/C13H24N2O2/c16-13-9-12-2-1-11(13)10-15(12)4-3-14-5-7-17-8-6-14/h11-13,16H,1-10H2. The van der Waals surface area contributed by atoms with Crippen LogP contribution in [-0.4, -0.2) is 73.0 Å². The molecule has 0 aromatic heterocycles. The highest BCUT2D eigenvalue weighted by molar-refractivity contribution is 4.93. The van der Waals surface area contributed by atoms with Gasteiger partial charge in [0.15, 0.2) is 0 Å². The summed E-state index contributed by atoms with van der Waals surface area (Å²) in [5.41, 5.74) is 0. The van der Waals surface area contributed by atoms with Gasteiger partial charge in [0.05, 0.1) is 19.3 Å². The minimum atomic E-state index is -0.0200. The van der Waals surface area contributed by atoms with Crippen molar-refractivity contribution in [3.05, 3.63) is 0 Å². The molecule has 0 radical (unpaired) electrons. The van der Waals surface area contributed by atoms with E-state index in [0.29, 0.717) is 12.0 Å². The van der Waals surface area contributed by atoms with Crippen molar-refractivity contribution < 1.29 is 9.84 Å². The maximum Gasteiger partial charge on any atom is 0.0595 e. The Morgan fingerprint density at radius 2 is 1.94 bits per heavy atom. The first kappa shape index (κ1) is 11.9. The van der Waals surface area contributed by atoms with Crippen LogP contribution in [0.5, 0.6) is 0 Å². The molecule has 98 valence electrons. The van der Waals surface area contributed by atoms with E-state index < -0.39 is 0 Å². The number of nitrogens with zero attached hydrogens (tertiary/aromatic N) is 2. The minimum absolute atomic E-state index is 0.0200. The third-order valence-electron chi connectivity index (χ3n) is 4.72. The van der Waals surface area contributed by atoms with Crippen molar-refractivity contribution in [3.63, 3.8) is 0 Å². The summed E-state index contributed by atoms with van der Waals surface area (Å²) in [6.07, 6.45) is 3.52. The lowest BCUT2D eigenvalue weighted by Gasteiger charge is -2.48. The Hall–Kier alpha value is -0.160. The van der Waals surface area contributed by atoms with Gasteiger partial charge in [-0.1, -0.05) is 0 Å². The second-order valence-electron chi connectivity index (χ2n) is 5.74. The maximum absolute atomic E-state index is 9.88. The fourth-order valence-electron chi connectivity index (χ4n) is 3.55. The number of piperidine rings is 2. The third kappa shape index (κ3) is 2.65. The summed E-state index contributed by atoms with van der Waals surface area (Å²) < 4.78 is 5.37. The van der Waals surface area contributed by atoms with Crippen LogP contribution < -0.4 is 0 Å². The van der Waals surface area contributed by atoms with E-state index in [1.165, 1.54) is 25.9 Å². The quantitative estimate of drug-likeness (QED) is 0.762. The molecule has 4 rings (SSSR count). The first-order valence-corrected chi connectivity index (χ1v) is 7.05. The SMILES string of the molecule is OC1CC2CCC1CN2CCN1CCOCC1. The van der Waals surface area contributed by atoms with Crippen LogP contribution in [0.1, 0.15) is 19.3 Å². The number of aliphatic hydroxyl groups excluding tert-OH is 1. The molecule has 1 saturated carbocycles. The zero-order chi connectivity index (χ0) is 11.7. The van der Waals surface area contributed by atoms with Gasteiger partial charge in [-0.2, -0.15) is 0 Å². The first-order valence-electron chi connectivity index (χ1n) is 7.05. The van der Waals surface area contributed by atoms with Gasteiger partial charge in [-0.15, -0.1) is 0 Å². The number of hydrogen-bond acceptors (Lipinski definition) is 4. The van der Waals surface area contributed by atoms with Crippen molar-refractivity contribution >= 4 is 0 Å². The van der Waals surface area contributed by atoms with E-state index in [0.717, 1.165) is 39.3 Å². The molecule has 0 aromatic carbocycles. The number of morpholine rings is 1. The lowest BCUT2D eigenvalue weighted by Crippen LogP contribution is -2.55. The van der Waals surface area contributed by atoms with Crippen molar-refractivity contribution in [1.82, 2.24) is 9.80 Å². The summed E-state index contributed by atoms with van der Waals surface area (Å²) in [7, 11) is 0. The van der Waals surface area contributed by atoms with Crippen LogP contribution in [0.3, 0.4) is 0 Å².